The number of hydrogen-bond donors (Lipinski definition) is 2. The molecule has 6 nitrogen and oxygen atoms in total. The van der Waals surface area contributed by atoms with Crippen molar-refractivity contribution in [1.29, 1.82) is 0 Å². The number of aromatic amines is 1. The number of methoxy groups -OCH3 is 1. The molecule has 2 heterocycles. The Morgan fingerprint density at radius 2 is 2.37 bits per heavy atom. The van der Waals surface area contributed by atoms with E-state index in [4.69, 9.17) is 4.74 Å². The summed E-state index contributed by atoms with van der Waals surface area (Å²) in [5.41, 5.74) is 2.44. The fourth-order valence-electron chi connectivity index (χ4n) is 1.95. The Hall–Kier alpha value is -1.82. The van der Waals surface area contributed by atoms with Gasteiger partial charge in [-0.3, -0.25) is 5.10 Å². The van der Waals surface area contributed by atoms with Gasteiger partial charge in [0.15, 0.2) is 0 Å². The van der Waals surface area contributed by atoms with Crippen molar-refractivity contribution < 1.29 is 4.74 Å². The van der Waals surface area contributed by atoms with Crippen LogP contribution >= 0.6 is 0 Å². The van der Waals surface area contributed by atoms with Gasteiger partial charge in [-0.1, -0.05) is 0 Å². The van der Waals surface area contributed by atoms with Gasteiger partial charge in [-0.25, -0.2) is 4.98 Å². The zero-order chi connectivity index (χ0) is 13.5. The molecule has 2 aromatic rings. The van der Waals surface area contributed by atoms with Gasteiger partial charge in [-0.15, -0.1) is 0 Å². The lowest BCUT2D eigenvalue weighted by Crippen LogP contribution is -2.11. The van der Waals surface area contributed by atoms with Crippen LogP contribution in [0.5, 0.6) is 0 Å². The highest BCUT2D eigenvalue weighted by molar-refractivity contribution is 5.25. The molecule has 2 rings (SSSR count). The summed E-state index contributed by atoms with van der Waals surface area (Å²) < 4.78 is 7.13. The first kappa shape index (κ1) is 13.6. The van der Waals surface area contributed by atoms with E-state index in [1.807, 2.05) is 19.3 Å². The number of rotatable bonds is 8. The van der Waals surface area contributed by atoms with Crippen LogP contribution in [0.15, 0.2) is 18.6 Å². The van der Waals surface area contributed by atoms with Gasteiger partial charge in [0, 0.05) is 38.3 Å². The average Bonchev–Trinajstić information content (AvgIpc) is 3.01. The van der Waals surface area contributed by atoms with Crippen LogP contribution in [0.3, 0.4) is 0 Å². The molecule has 0 aliphatic carbocycles. The minimum absolute atomic E-state index is 0.694. The summed E-state index contributed by atoms with van der Waals surface area (Å²) in [6.45, 7) is 4.46. The molecule has 0 aromatic carbocycles. The first-order valence-electron chi connectivity index (χ1n) is 6.54. The molecular weight excluding hydrogens is 242 g/mol. The Bertz CT molecular complexity index is 491. The van der Waals surface area contributed by atoms with Gasteiger partial charge < -0.3 is 14.6 Å². The van der Waals surface area contributed by atoms with E-state index in [9.17, 15) is 0 Å². The van der Waals surface area contributed by atoms with E-state index in [1.165, 1.54) is 5.56 Å². The highest BCUT2D eigenvalue weighted by Gasteiger charge is 2.03. The maximum Gasteiger partial charge on any atom is 0.202 e. The molecule has 0 bridgehead atoms. The molecule has 19 heavy (non-hydrogen) atoms. The zero-order valence-electron chi connectivity index (χ0n) is 11.5. The minimum atomic E-state index is 0.694. The molecule has 2 aromatic heterocycles. The SMILES string of the molecule is COCCn1ccnc1NCCCc1cn[nH]c1C. The van der Waals surface area contributed by atoms with Gasteiger partial charge in [0.1, 0.15) is 0 Å². The molecule has 0 spiro atoms. The molecule has 0 fully saturated rings. The lowest BCUT2D eigenvalue weighted by Gasteiger charge is -2.09. The quantitative estimate of drug-likeness (QED) is 0.710. The summed E-state index contributed by atoms with van der Waals surface area (Å²) in [6, 6.07) is 0. The molecule has 0 saturated heterocycles. The second kappa shape index (κ2) is 6.94. The summed E-state index contributed by atoms with van der Waals surface area (Å²) in [4.78, 5) is 4.30. The molecule has 0 radical (unpaired) electrons. The van der Waals surface area contributed by atoms with Gasteiger partial charge in [0.05, 0.1) is 12.8 Å². The first-order valence-corrected chi connectivity index (χ1v) is 6.54. The third kappa shape index (κ3) is 3.82. The fraction of sp³-hybridized carbons (Fsp3) is 0.538. The van der Waals surface area contributed by atoms with Crippen molar-refractivity contribution in [2.24, 2.45) is 0 Å². The average molecular weight is 263 g/mol. The number of anilines is 1. The topological polar surface area (TPSA) is 67.8 Å². The number of nitrogens with zero attached hydrogens (tertiary/aromatic N) is 3. The Balaban J connectivity index is 1.73. The van der Waals surface area contributed by atoms with Crippen molar-refractivity contribution in [1.82, 2.24) is 19.7 Å². The molecule has 104 valence electrons. The smallest absolute Gasteiger partial charge is 0.202 e. The Kier molecular flexibility index (Phi) is 4.97. The highest BCUT2D eigenvalue weighted by atomic mass is 16.5. The maximum absolute atomic E-state index is 5.07. The van der Waals surface area contributed by atoms with Crippen LogP contribution < -0.4 is 5.32 Å². The summed E-state index contributed by atoms with van der Waals surface area (Å²) in [7, 11) is 1.71. The summed E-state index contributed by atoms with van der Waals surface area (Å²) in [5.74, 6) is 0.904. The van der Waals surface area contributed by atoms with Gasteiger partial charge in [-0.2, -0.15) is 5.10 Å². The van der Waals surface area contributed by atoms with E-state index in [0.29, 0.717) is 6.61 Å². The number of aryl methyl sites for hydroxylation is 2. The minimum Gasteiger partial charge on any atom is -0.383 e. The van der Waals surface area contributed by atoms with Gasteiger partial charge >= 0.3 is 0 Å². The van der Waals surface area contributed by atoms with Crippen LogP contribution in [-0.4, -0.2) is 40.0 Å². The monoisotopic (exact) mass is 263 g/mol. The van der Waals surface area contributed by atoms with Crippen LogP contribution in [0.25, 0.3) is 0 Å². The predicted octanol–water partition coefficient (Wildman–Crippen LogP) is 1.61. The Morgan fingerprint density at radius 1 is 1.47 bits per heavy atom. The van der Waals surface area contributed by atoms with E-state index in [2.05, 4.69) is 25.1 Å². The third-order valence-corrected chi connectivity index (χ3v) is 3.09. The molecule has 0 saturated carbocycles. The molecular formula is C13H21N5O. The molecule has 0 aliphatic rings. The van der Waals surface area contributed by atoms with E-state index >= 15 is 0 Å². The zero-order valence-corrected chi connectivity index (χ0v) is 11.5. The summed E-state index contributed by atoms with van der Waals surface area (Å²) in [5, 5.41) is 10.3. The highest BCUT2D eigenvalue weighted by Crippen LogP contribution is 2.07. The van der Waals surface area contributed by atoms with E-state index in [0.717, 1.165) is 37.6 Å². The third-order valence-electron chi connectivity index (χ3n) is 3.09. The number of nitrogens with one attached hydrogen (secondary N) is 2. The van der Waals surface area contributed by atoms with Crippen molar-refractivity contribution in [3.8, 4) is 0 Å². The van der Waals surface area contributed by atoms with Crippen LogP contribution in [0, 0.1) is 6.92 Å². The number of H-pyrrole nitrogens is 1. The molecule has 6 heteroatoms. The molecule has 2 N–H and O–H groups in total. The number of imidazole rings is 1. The molecule has 0 aliphatic heterocycles. The number of ether oxygens (including phenoxy) is 1. The molecule has 0 unspecified atom stereocenters. The largest absolute Gasteiger partial charge is 0.383 e. The van der Waals surface area contributed by atoms with Gasteiger partial charge in [0.25, 0.3) is 0 Å². The number of hydrogen-bond acceptors (Lipinski definition) is 4. The van der Waals surface area contributed by atoms with E-state index in [-0.39, 0.29) is 0 Å². The van der Waals surface area contributed by atoms with Gasteiger partial charge in [0.2, 0.25) is 5.95 Å². The Labute approximate surface area is 113 Å². The van der Waals surface area contributed by atoms with E-state index in [1.54, 1.807) is 13.3 Å². The van der Waals surface area contributed by atoms with Crippen molar-refractivity contribution in [2.75, 3.05) is 25.6 Å². The van der Waals surface area contributed by atoms with Crippen molar-refractivity contribution >= 4 is 5.95 Å². The van der Waals surface area contributed by atoms with Crippen LogP contribution in [0.4, 0.5) is 5.95 Å². The van der Waals surface area contributed by atoms with E-state index < -0.39 is 0 Å². The second-order valence-electron chi connectivity index (χ2n) is 4.49. The lowest BCUT2D eigenvalue weighted by molar-refractivity contribution is 0.187. The molecule has 0 atom stereocenters. The summed E-state index contributed by atoms with van der Waals surface area (Å²) >= 11 is 0. The maximum atomic E-state index is 5.07. The van der Waals surface area contributed by atoms with Crippen molar-refractivity contribution in [2.45, 2.75) is 26.3 Å². The predicted molar refractivity (Wildman–Crippen MR) is 74.2 cm³/mol. The van der Waals surface area contributed by atoms with Crippen molar-refractivity contribution in [3.05, 3.63) is 29.8 Å². The number of aromatic nitrogens is 4. The van der Waals surface area contributed by atoms with Crippen LogP contribution in [0.1, 0.15) is 17.7 Å². The van der Waals surface area contributed by atoms with Gasteiger partial charge in [-0.05, 0) is 25.3 Å². The lowest BCUT2D eigenvalue weighted by atomic mass is 10.1. The van der Waals surface area contributed by atoms with Crippen molar-refractivity contribution in [3.63, 3.8) is 0 Å². The normalized spacial score (nSPS) is 10.8. The Morgan fingerprint density at radius 3 is 3.11 bits per heavy atom. The standard InChI is InChI=1S/C13H21N5O/c1-11-12(10-16-17-11)4-3-5-14-13-15-6-7-18(13)8-9-19-2/h6-7,10H,3-5,8-9H2,1-2H3,(H,14,15)(H,16,17). The fourth-order valence-corrected chi connectivity index (χ4v) is 1.95. The second-order valence-corrected chi connectivity index (χ2v) is 4.49. The molecule has 0 amide bonds. The first-order chi connectivity index (χ1) is 9.31. The van der Waals surface area contributed by atoms with Crippen LogP contribution in [-0.2, 0) is 17.7 Å². The van der Waals surface area contributed by atoms with Crippen LogP contribution in [0.2, 0.25) is 0 Å². The summed E-state index contributed by atoms with van der Waals surface area (Å²) in [6.07, 6.45) is 7.74.